The summed E-state index contributed by atoms with van der Waals surface area (Å²) in [5.74, 6) is -0.589. The maximum Gasteiger partial charge on any atom is 0.344 e. The van der Waals surface area contributed by atoms with E-state index in [0.29, 0.717) is 25.9 Å². The zero-order valence-corrected chi connectivity index (χ0v) is 16.4. The number of nitrogens with two attached hydrogens (primary N) is 1. The first-order chi connectivity index (χ1) is 14.0. The standard InChI is InChI=1S/C23H25N3O3/c1-15(20-8-4-6-16-5-2-3-7-21(16)20)26(29)23(28)25-12-11-17-13-18(22(24)27)9-10-19(17)14-25/h2-8,10,13,15,18,29H,9,11-12,14H2,1H3,(H2,24,27). The molecule has 4 rings (SSSR count). The number of hydrogen-bond acceptors (Lipinski definition) is 3. The van der Waals surface area contributed by atoms with Crippen LogP contribution in [0.5, 0.6) is 0 Å². The fourth-order valence-electron chi connectivity index (χ4n) is 4.19. The topological polar surface area (TPSA) is 86.9 Å². The van der Waals surface area contributed by atoms with Crippen molar-refractivity contribution in [2.75, 3.05) is 13.1 Å². The molecule has 2 atom stereocenters. The molecule has 1 fully saturated rings. The maximum atomic E-state index is 13.0. The first-order valence-electron chi connectivity index (χ1n) is 9.90. The molecule has 1 aliphatic carbocycles. The Labute approximate surface area is 169 Å². The highest BCUT2D eigenvalue weighted by atomic mass is 16.5. The summed E-state index contributed by atoms with van der Waals surface area (Å²) in [6, 6.07) is 12.9. The Bertz CT molecular complexity index is 1020. The number of urea groups is 1. The molecule has 2 aromatic carbocycles. The van der Waals surface area contributed by atoms with Crippen LogP contribution in [0.15, 0.2) is 65.8 Å². The Hall–Kier alpha value is -3.12. The van der Waals surface area contributed by atoms with Crippen LogP contribution in [-0.4, -0.2) is 40.2 Å². The molecule has 0 bridgehead atoms. The van der Waals surface area contributed by atoms with Crippen molar-refractivity contribution in [3.8, 4) is 0 Å². The van der Waals surface area contributed by atoms with Gasteiger partial charge in [-0.2, -0.15) is 5.06 Å². The van der Waals surface area contributed by atoms with Gasteiger partial charge in [-0.15, -0.1) is 0 Å². The van der Waals surface area contributed by atoms with E-state index >= 15 is 0 Å². The van der Waals surface area contributed by atoms with E-state index in [1.54, 1.807) is 4.90 Å². The van der Waals surface area contributed by atoms with Crippen molar-refractivity contribution in [3.63, 3.8) is 0 Å². The van der Waals surface area contributed by atoms with E-state index < -0.39 is 12.1 Å². The van der Waals surface area contributed by atoms with E-state index in [9.17, 15) is 14.8 Å². The minimum Gasteiger partial charge on any atom is -0.369 e. The third-order valence-corrected chi connectivity index (χ3v) is 5.92. The second-order valence-electron chi connectivity index (χ2n) is 7.71. The van der Waals surface area contributed by atoms with Gasteiger partial charge in [0.25, 0.3) is 0 Å². The third-order valence-electron chi connectivity index (χ3n) is 5.92. The Morgan fingerprint density at radius 2 is 1.93 bits per heavy atom. The summed E-state index contributed by atoms with van der Waals surface area (Å²) in [5, 5.41) is 13.6. The molecule has 3 amide bonds. The Kier molecular flexibility index (Phi) is 5.11. The quantitative estimate of drug-likeness (QED) is 0.617. The largest absolute Gasteiger partial charge is 0.369 e. The normalized spacial score (nSPS) is 19.8. The van der Waals surface area contributed by atoms with Crippen LogP contribution in [0.25, 0.3) is 10.8 Å². The molecule has 1 saturated heterocycles. The van der Waals surface area contributed by atoms with Crippen LogP contribution in [0.1, 0.15) is 31.4 Å². The van der Waals surface area contributed by atoms with Gasteiger partial charge in [0.2, 0.25) is 5.91 Å². The van der Waals surface area contributed by atoms with Crippen LogP contribution in [0.3, 0.4) is 0 Å². The molecule has 0 spiro atoms. The number of primary amides is 1. The molecule has 2 aromatic rings. The SMILES string of the molecule is CC(c1cccc2ccccc12)N(O)C(=O)N1CCC2=CC(C(N)=O)CC=C2C1. The number of fused-ring (bicyclic) bond motifs is 2. The average Bonchev–Trinajstić information content (AvgIpc) is 2.76. The number of piperidine rings is 1. The van der Waals surface area contributed by atoms with Gasteiger partial charge < -0.3 is 10.6 Å². The van der Waals surface area contributed by atoms with E-state index in [-0.39, 0.29) is 11.8 Å². The van der Waals surface area contributed by atoms with Crippen LogP contribution in [0, 0.1) is 5.92 Å². The molecular formula is C23H25N3O3. The number of carbonyl (C=O) groups excluding carboxylic acids is 2. The van der Waals surface area contributed by atoms with Crippen LogP contribution in [-0.2, 0) is 4.79 Å². The predicted octanol–water partition coefficient (Wildman–Crippen LogP) is 3.78. The summed E-state index contributed by atoms with van der Waals surface area (Å²) in [6.07, 6.45) is 5.12. The summed E-state index contributed by atoms with van der Waals surface area (Å²) in [4.78, 5) is 26.1. The minimum atomic E-state index is -0.481. The summed E-state index contributed by atoms with van der Waals surface area (Å²) in [6.45, 7) is 2.74. The highest BCUT2D eigenvalue weighted by molar-refractivity contribution is 5.86. The lowest BCUT2D eigenvalue weighted by atomic mass is 9.86. The summed E-state index contributed by atoms with van der Waals surface area (Å²) < 4.78 is 0. The van der Waals surface area contributed by atoms with E-state index in [1.807, 2.05) is 61.5 Å². The molecule has 6 nitrogen and oxygen atoms in total. The second kappa shape index (κ2) is 7.72. The number of hydroxylamine groups is 2. The van der Waals surface area contributed by atoms with Crippen LogP contribution >= 0.6 is 0 Å². The molecule has 29 heavy (non-hydrogen) atoms. The zero-order chi connectivity index (χ0) is 20.5. The number of benzene rings is 2. The molecule has 150 valence electrons. The van der Waals surface area contributed by atoms with Gasteiger partial charge in [0, 0.05) is 13.1 Å². The summed E-state index contributed by atoms with van der Waals surface area (Å²) >= 11 is 0. The highest BCUT2D eigenvalue weighted by Gasteiger charge is 2.31. The van der Waals surface area contributed by atoms with Gasteiger partial charge in [-0.1, -0.05) is 54.6 Å². The number of hydrogen-bond donors (Lipinski definition) is 2. The molecule has 3 N–H and O–H groups in total. The molecule has 0 saturated carbocycles. The van der Waals surface area contributed by atoms with Crippen molar-refractivity contribution >= 4 is 22.7 Å². The van der Waals surface area contributed by atoms with Gasteiger partial charge >= 0.3 is 6.03 Å². The number of likely N-dealkylation sites (tertiary alicyclic amines) is 1. The third kappa shape index (κ3) is 3.63. The Morgan fingerprint density at radius 1 is 1.17 bits per heavy atom. The van der Waals surface area contributed by atoms with E-state index in [1.165, 1.54) is 0 Å². The van der Waals surface area contributed by atoms with Crippen molar-refractivity contribution in [2.45, 2.75) is 25.8 Å². The number of carbonyl (C=O) groups is 2. The van der Waals surface area contributed by atoms with E-state index in [2.05, 4.69) is 0 Å². The fraction of sp³-hybridized carbons (Fsp3) is 0.304. The summed E-state index contributed by atoms with van der Waals surface area (Å²) in [5.41, 5.74) is 8.43. The molecule has 2 unspecified atom stereocenters. The van der Waals surface area contributed by atoms with Crippen molar-refractivity contribution in [2.24, 2.45) is 11.7 Å². The van der Waals surface area contributed by atoms with Gasteiger partial charge in [0.05, 0.1) is 12.0 Å². The van der Waals surface area contributed by atoms with E-state index in [4.69, 9.17) is 5.73 Å². The van der Waals surface area contributed by atoms with Crippen LogP contribution in [0.2, 0.25) is 0 Å². The number of rotatable bonds is 3. The highest BCUT2D eigenvalue weighted by Crippen LogP contribution is 2.32. The molecule has 6 heteroatoms. The molecule has 0 aromatic heterocycles. The zero-order valence-electron chi connectivity index (χ0n) is 16.4. The minimum absolute atomic E-state index is 0.267. The molecule has 2 aliphatic rings. The number of allylic oxidation sites excluding steroid dienone is 1. The smallest absolute Gasteiger partial charge is 0.344 e. The first kappa shape index (κ1) is 19.2. The lowest BCUT2D eigenvalue weighted by Gasteiger charge is -2.36. The Morgan fingerprint density at radius 3 is 2.72 bits per heavy atom. The lowest BCUT2D eigenvalue weighted by Crippen LogP contribution is -2.46. The van der Waals surface area contributed by atoms with Crippen molar-refractivity contribution in [1.82, 2.24) is 9.96 Å². The number of nitrogens with zero attached hydrogens (tertiary/aromatic N) is 2. The maximum absolute atomic E-state index is 13.0. The number of amides is 3. The first-order valence-corrected chi connectivity index (χ1v) is 9.90. The average molecular weight is 391 g/mol. The summed E-state index contributed by atoms with van der Waals surface area (Å²) in [7, 11) is 0. The van der Waals surface area contributed by atoms with Gasteiger partial charge in [-0.3, -0.25) is 10.0 Å². The van der Waals surface area contributed by atoms with Crippen LogP contribution in [0.4, 0.5) is 4.79 Å². The molecular weight excluding hydrogens is 366 g/mol. The van der Waals surface area contributed by atoms with Gasteiger partial charge in [-0.05, 0) is 47.2 Å². The van der Waals surface area contributed by atoms with Gasteiger partial charge in [0.1, 0.15) is 0 Å². The molecule has 1 aliphatic heterocycles. The van der Waals surface area contributed by atoms with Gasteiger partial charge in [-0.25, -0.2) is 4.79 Å². The van der Waals surface area contributed by atoms with Crippen molar-refractivity contribution in [3.05, 3.63) is 71.3 Å². The Balaban J connectivity index is 1.50. The van der Waals surface area contributed by atoms with E-state index in [0.717, 1.165) is 32.5 Å². The van der Waals surface area contributed by atoms with Crippen LogP contribution < -0.4 is 5.73 Å². The van der Waals surface area contributed by atoms with Crippen molar-refractivity contribution < 1.29 is 14.8 Å². The fourth-order valence-corrected chi connectivity index (χ4v) is 4.19. The van der Waals surface area contributed by atoms with Crippen molar-refractivity contribution in [1.29, 1.82) is 0 Å². The lowest BCUT2D eigenvalue weighted by molar-refractivity contribution is -0.120. The second-order valence-corrected chi connectivity index (χ2v) is 7.71. The van der Waals surface area contributed by atoms with Gasteiger partial charge in [0.15, 0.2) is 0 Å². The molecule has 1 heterocycles. The predicted molar refractivity (Wildman–Crippen MR) is 111 cm³/mol. The molecule has 0 radical (unpaired) electrons. The monoisotopic (exact) mass is 391 g/mol.